The molecule has 58 heavy (non-hydrogen) atoms. The van der Waals surface area contributed by atoms with E-state index in [9.17, 15) is 14.4 Å². The summed E-state index contributed by atoms with van der Waals surface area (Å²) >= 11 is 0. The fraction of sp³-hybridized carbons (Fsp3) is 0.942. The molecule has 0 rings (SSSR count). The molecule has 0 aliphatic heterocycles. The molecule has 0 aliphatic rings. The Morgan fingerprint density at radius 2 is 0.500 bits per heavy atom. The van der Waals surface area contributed by atoms with Crippen LogP contribution in [0.25, 0.3) is 0 Å². The van der Waals surface area contributed by atoms with Crippen molar-refractivity contribution in [2.75, 3.05) is 13.2 Å². The first-order valence-electron chi connectivity index (χ1n) is 25.6. The minimum atomic E-state index is -0.763. The molecule has 0 heterocycles. The second-order valence-corrected chi connectivity index (χ2v) is 19.2. The van der Waals surface area contributed by atoms with E-state index in [1.54, 1.807) is 0 Å². The van der Waals surface area contributed by atoms with Gasteiger partial charge < -0.3 is 14.2 Å². The molecule has 0 saturated carbocycles. The largest absolute Gasteiger partial charge is 0.462 e. The molecule has 1 atom stereocenters. The van der Waals surface area contributed by atoms with Gasteiger partial charge in [-0.2, -0.15) is 0 Å². The van der Waals surface area contributed by atoms with Gasteiger partial charge in [-0.25, -0.2) is 0 Å². The first kappa shape index (κ1) is 56.4. The molecule has 0 aromatic heterocycles. The van der Waals surface area contributed by atoms with Gasteiger partial charge in [0.15, 0.2) is 6.10 Å². The first-order valence-corrected chi connectivity index (χ1v) is 25.6. The van der Waals surface area contributed by atoms with Gasteiger partial charge in [0.1, 0.15) is 13.2 Å². The molecule has 0 aromatic carbocycles. The van der Waals surface area contributed by atoms with Crippen LogP contribution in [-0.2, 0) is 28.6 Å². The summed E-state index contributed by atoms with van der Waals surface area (Å²) in [6.45, 7) is 13.6. The van der Waals surface area contributed by atoms with Gasteiger partial charge >= 0.3 is 17.9 Å². The van der Waals surface area contributed by atoms with E-state index in [4.69, 9.17) is 14.2 Å². The highest BCUT2D eigenvalue weighted by Crippen LogP contribution is 2.17. The fourth-order valence-electron chi connectivity index (χ4n) is 7.76. The summed E-state index contributed by atoms with van der Waals surface area (Å²) < 4.78 is 16.8. The minimum Gasteiger partial charge on any atom is -0.462 e. The Kier molecular flexibility index (Phi) is 42.3. The van der Waals surface area contributed by atoms with Crippen molar-refractivity contribution in [3.8, 4) is 0 Å². The highest BCUT2D eigenvalue weighted by atomic mass is 16.6. The molecule has 0 saturated heterocycles. The SMILES string of the molecule is CC(C)CCCCCCCCCCCCCCCCCCC(=O)OC[C@@H](COC(=O)CCCCCCCCCCCC(C)C)OC(=O)CCCCCCCCC(C)C. The summed E-state index contributed by atoms with van der Waals surface area (Å²) in [4.78, 5) is 37.8. The van der Waals surface area contributed by atoms with Crippen LogP contribution in [0.3, 0.4) is 0 Å². The molecule has 0 N–H and O–H groups in total. The number of rotatable bonds is 45. The minimum absolute atomic E-state index is 0.0659. The quantitative estimate of drug-likeness (QED) is 0.0346. The Morgan fingerprint density at radius 3 is 0.741 bits per heavy atom. The van der Waals surface area contributed by atoms with E-state index >= 15 is 0 Å². The number of hydrogen-bond acceptors (Lipinski definition) is 6. The standard InChI is InChI=1S/C52H100O6/c1-46(2)38-32-26-20-16-13-11-9-7-8-10-12-14-18-22-29-35-41-50(53)56-44-49(58-52(55)43-37-31-25-24-28-34-40-48(5)6)45-57-51(54)42-36-30-23-19-15-17-21-27-33-39-47(3)4/h46-49H,7-45H2,1-6H3/t49-/m0/s1. The van der Waals surface area contributed by atoms with Gasteiger partial charge in [0.2, 0.25) is 0 Å². The van der Waals surface area contributed by atoms with Crippen LogP contribution < -0.4 is 0 Å². The van der Waals surface area contributed by atoms with Gasteiger partial charge in [0.05, 0.1) is 0 Å². The Balaban J connectivity index is 4.21. The Bertz CT molecular complexity index is 898. The molecule has 6 heteroatoms. The van der Waals surface area contributed by atoms with Crippen LogP contribution in [0.15, 0.2) is 0 Å². The Hall–Kier alpha value is -1.59. The van der Waals surface area contributed by atoms with Crippen LogP contribution in [0.5, 0.6) is 0 Å². The maximum absolute atomic E-state index is 12.7. The van der Waals surface area contributed by atoms with Crippen LogP contribution in [0, 0.1) is 17.8 Å². The maximum atomic E-state index is 12.7. The van der Waals surface area contributed by atoms with Crippen LogP contribution in [0.1, 0.15) is 279 Å². The predicted octanol–water partition coefficient (Wildman–Crippen LogP) is 16.4. The van der Waals surface area contributed by atoms with Crippen molar-refractivity contribution < 1.29 is 28.6 Å². The van der Waals surface area contributed by atoms with Crippen molar-refractivity contribution in [2.45, 2.75) is 285 Å². The van der Waals surface area contributed by atoms with Gasteiger partial charge in [0.25, 0.3) is 0 Å². The lowest BCUT2D eigenvalue weighted by Crippen LogP contribution is -2.30. The molecule has 0 radical (unpaired) electrons. The van der Waals surface area contributed by atoms with Gasteiger partial charge in [0, 0.05) is 19.3 Å². The molecule has 6 nitrogen and oxygen atoms in total. The summed E-state index contributed by atoms with van der Waals surface area (Å²) in [5, 5.41) is 0. The van der Waals surface area contributed by atoms with Gasteiger partial charge in [-0.3, -0.25) is 14.4 Å². The molecular formula is C52H100O6. The molecule has 0 fully saturated rings. The highest BCUT2D eigenvalue weighted by molar-refractivity contribution is 5.71. The van der Waals surface area contributed by atoms with Gasteiger partial charge in [-0.05, 0) is 37.0 Å². The monoisotopic (exact) mass is 821 g/mol. The lowest BCUT2D eigenvalue weighted by molar-refractivity contribution is -0.167. The van der Waals surface area contributed by atoms with Crippen molar-refractivity contribution in [1.29, 1.82) is 0 Å². The summed E-state index contributed by atoms with van der Waals surface area (Å²) in [5.41, 5.74) is 0. The Morgan fingerprint density at radius 1 is 0.293 bits per heavy atom. The number of ether oxygens (including phenoxy) is 3. The summed E-state index contributed by atoms with van der Waals surface area (Å²) in [6.07, 6.45) is 42.5. The first-order chi connectivity index (χ1) is 28.1. The van der Waals surface area contributed by atoms with Crippen molar-refractivity contribution in [1.82, 2.24) is 0 Å². The van der Waals surface area contributed by atoms with E-state index in [2.05, 4.69) is 41.5 Å². The number of carbonyl (C=O) groups is 3. The third-order valence-electron chi connectivity index (χ3n) is 11.6. The zero-order chi connectivity index (χ0) is 42.7. The van der Waals surface area contributed by atoms with Crippen molar-refractivity contribution in [2.24, 2.45) is 17.8 Å². The second kappa shape index (κ2) is 43.5. The van der Waals surface area contributed by atoms with E-state index in [0.717, 1.165) is 75.5 Å². The molecular weight excluding hydrogens is 721 g/mol. The molecule has 0 bridgehead atoms. The topological polar surface area (TPSA) is 78.9 Å². The summed E-state index contributed by atoms with van der Waals surface area (Å²) in [6, 6.07) is 0. The average molecular weight is 821 g/mol. The predicted molar refractivity (Wildman–Crippen MR) is 247 cm³/mol. The number of hydrogen-bond donors (Lipinski definition) is 0. The van der Waals surface area contributed by atoms with Crippen LogP contribution >= 0.6 is 0 Å². The maximum Gasteiger partial charge on any atom is 0.306 e. The van der Waals surface area contributed by atoms with Crippen molar-refractivity contribution in [3.63, 3.8) is 0 Å². The van der Waals surface area contributed by atoms with Gasteiger partial charge in [-0.15, -0.1) is 0 Å². The average Bonchev–Trinajstić information content (AvgIpc) is 3.18. The van der Waals surface area contributed by atoms with E-state index in [1.165, 1.54) is 161 Å². The lowest BCUT2D eigenvalue weighted by Gasteiger charge is -2.18. The molecule has 0 aromatic rings. The Labute approximate surface area is 361 Å². The van der Waals surface area contributed by atoms with E-state index in [-0.39, 0.29) is 31.1 Å². The highest BCUT2D eigenvalue weighted by Gasteiger charge is 2.19. The normalized spacial score (nSPS) is 12.2. The molecule has 0 aliphatic carbocycles. The molecule has 0 amide bonds. The third kappa shape index (κ3) is 45.5. The van der Waals surface area contributed by atoms with Crippen molar-refractivity contribution in [3.05, 3.63) is 0 Å². The number of unbranched alkanes of at least 4 members (excludes halogenated alkanes) is 28. The van der Waals surface area contributed by atoms with Crippen LogP contribution in [0.2, 0.25) is 0 Å². The number of esters is 3. The van der Waals surface area contributed by atoms with E-state index in [1.807, 2.05) is 0 Å². The zero-order valence-electron chi connectivity index (χ0n) is 39.8. The lowest BCUT2D eigenvalue weighted by atomic mass is 10.0. The van der Waals surface area contributed by atoms with Crippen LogP contribution in [0.4, 0.5) is 0 Å². The van der Waals surface area contributed by atoms with Crippen LogP contribution in [-0.4, -0.2) is 37.2 Å². The van der Waals surface area contributed by atoms with E-state index < -0.39 is 6.10 Å². The zero-order valence-corrected chi connectivity index (χ0v) is 39.8. The fourth-order valence-corrected chi connectivity index (χ4v) is 7.76. The van der Waals surface area contributed by atoms with Crippen molar-refractivity contribution >= 4 is 17.9 Å². The second-order valence-electron chi connectivity index (χ2n) is 19.2. The molecule has 0 spiro atoms. The number of carbonyl (C=O) groups excluding carboxylic acids is 3. The van der Waals surface area contributed by atoms with E-state index in [0.29, 0.717) is 19.3 Å². The third-order valence-corrected chi connectivity index (χ3v) is 11.6. The smallest absolute Gasteiger partial charge is 0.306 e. The molecule has 344 valence electrons. The summed E-state index contributed by atoms with van der Waals surface area (Å²) in [7, 11) is 0. The molecule has 0 unspecified atom stereocenters. The summed E-state index contributed by atoms with van der Waals surface area (Å²) in [5.74, 6) is 1.56. The van der Waals surface area contributed by atoms with Gasteiger partial charge in [-0.1, -0.05) is 241 Å².